The second-order valence-electron chi connectivity index (χ2n) is 5.85. The van der Waals surface area contributed by atoms with E-state index < -0.39 is 17.8 Å². The smallest absolute Gasteiger partial charge is 0.279 e. The molecule has 0 fully saturated rings. The molecule has 1 atom stereocenters. The predicted molar refractivity (Wildman–Crippen MR) is 101 cm³/mol. The molecule has 0 aromatic heterocycles. The van der Waals surface area contributed by atoms with Gasteiger partial charge in [0.15, 0.2) is 17.6 Å². The molecule has 0 saturated carbocycles. The van der Waals surface area contributed by atoms with Crippen LogP contribution in [0.15, 0.2) is 47.4 Å². The van der Waals surface area contributed by atoms with Crippen LogP contribution in [-0.4, -0.2) is 36.9 Å². The number of hydrazine groups is 1. The lowest BCUT2D eigenvalue weighted by Crippen LogP contribution is -2.47. The van der Waals surface area contributed by atoms with Crippen molar-refractivity contribution >= 4 is 23.6 Å². The average Bonchev–Trinajstić information content (AvgIpc) is 2.71. The molecule has 0 unspecified atom stereocenters. The van der Waals surface area contributed by atoms with Gasteiger partial charge in [-0.15, -0.1) is 11.8 Å². The third kappa shape index (κ3) is 5.53. The number of benzene rings is 2. The SMILES string of the molecule is C[C@@H](Oc1ccc(F)cc1)C(=O)NNC(=O)CSc1ccc2c(c1)OCCO2. The summed E-state index contributed by atoms with van der Waals surface area (Å²) < 4.78 is 29.2. The molecule has 0 radical (unpaired) electrons. The van der Waals surface area contributed by atoms with Gasteiger partial charge in [-0.05, 0) is 49.4 Å². The maximum atomic E-state index is 12.9. The van der Waals surface area contributed by atoms with Gasteiger partial charge in [0.05, 0.1) is 5.75 Å². The Morgan fingerprint density at radius 2 is 1.82 bits per heavy atom. The van der Waals surface area contributed by atoms with Crippen LogP contribution >= 0.6 is 11.8 Å². The number of amides is 2. The molecule has 9 heteroatoms. The fraction of sp³-hybridized carbons (Fsp3) is 0.263. The Morgan fingerprint density at radius 1 is 1.11 bits per heavy atom. The van der Waals surface area contributed by atoms with Crippen LogP contribution in [0.5, 0.6) is 17.2 Å². The van der Waals surface area contributed by atoms with E-state index in [-0.39, 0.29) is 11.7 Å². The van der Waals surface area contributed by atoms with Crippen molar-refractivity contribution in [2.45, 2.75) is 17.9 Å². The van der Waals surface area contributed by atoms with Gasteiger partial charge in [-0.1, -0.05) is 0 Å². The molecule has 0 spiro atoms. The van der Waals surface area contributed by atoms with Gasteiger partial charge in [0.2, 0.25) is 5.91 Å². The summed E-state index contributed by atoms with van der Waals surface area (Å²) in [6.45, 7) is 2.53. The van der Waals surface area contributed by atoms with E-state index in [4.69, 9.17) is 14.2 Å². The lowest BCUT2D eigenvalue weighted by atomic mass is 10.3. The first-order chi connectivity index (χ1) is 13.5. The van der Waals surface area contributed by atoms with E-state index in [0.29, 0.717) is 30.5 Å². The zero-order valence-corrected chi connectivity index (χ0v) is 15.9. The molecule has 1 aliphatic heterocycles. The third-order valence-corrected chi connectivity index (χ3v) is 4.70. The van der Waals surface area contributed by atoms with Crippen LogP contribution in [0.4, 0.5) is 4.39 Å². The van der Waals surface area contributed by atoms with E-state index in [1.54, 1.807) is 6.07 Å². The predicted octanol–water partition coefficient (Wildman–Crippen LogP) is 2.30. The summed E-state index contributed by atoms with van der Waals surface area (Å²) >= 11 is 1.30. The van der Waals surface area contributed by atoms with Gasteiger partial charge < -0.3 is 14.2 Å². The summed E-state index contributed by atoms with van der Waals surface area (Å²) in [5.41, 5.74) is 4.64. The zero-order valence-electron chi connectivity index (χ0n) is 15.1. The molecule has 1 heterocycles. The standard InChI is InChI=1S/C19H19FN2O5S/c1-12(27-14-4-2-13(20)3-5-14)19(24)22-21-18(23)11-28-15-6-7-16-17(10-15)26-9-8-25-16/h2-7,10,12H,8-9,11H2,1H3,(H,21,23)(H,22,24)/t12-/m1/s1. The summed E-state index contributed by atoms with van der Waals surface area (Å²) in [6.07, 6.45) is -0.865. The van der Waals surface area contributed by atoms with Gasteiger partial charge in [0, 0.05) is 4.90 Å². The van der Waals surface area contributed by atoms with E-state index in [9.17, 15) is 14.0 Å². The quantitative estimate of drug-likeness (QED) is 0.566. The van der Waals surface area contributed by atoms with E-state index in [0.717, 1.165) is 4.90 Å². The number of fused-ring (bicyclic) bond motifs is 1. The Morgan fingerprint density at radius 3 is 2.57 bits per heavy atom. The Kier molecular flexibility index (Phi) is 6.59. The van der Waals surface area contributed by atoms with Gasteiger partial charge >= 0.3 is 0 Å². The first kappa shape index (κ1) is 19.8. The number of hydrogen-bond donors (Lipinski definition) is 2. The van der Waals surface area contributed by atoms with Crippen LogP contribution in [0.1, 0.15) is 6.92 Å². The van der Waals surface area contributed by atoms with Crippen molar-refractivity contribution in [1.29, 1.82) is 0 Å². The number of carbonyl (C=O) groups excluding carboxylic acids is 2. The number of halogens is 1. The molecule has 2 aromatic carbocycles. The van der Waals surface area contributed by atoms with Crippen LogP contribution in [0.25, 0.3) is 0 Å². The summed E-state index contributed by atoms with van der Waals surface area (Å²) in [7, 11) is 0. The van der Waals surface area contributed by atoms with Crippen molar-refractivity contribution in [3.8, 4) is 17.2 Å². The van der Waals surface area contributed by atoms with E-state index in [2.05, 4.69) is 10.9 Å². The second-order valence-corrected chi connectivity index (χ2v) is 6.89. The maximum Gasteiger partial charge on any atom is 0.279 e. The van der Waals surface area contributed by atoms with Gasteiger partial charge in [-0.3, -0.25) is 20.4 Å². The summed E-state index contributed by atoms with van der Waals surface area (Å²) in [5.74, 6) is 0.493. The summed E-state index contributed by atoms with van der Waals surface area (Å²) in [4.78, 5) is 24.8. The van der Waals surface area contributed by atoms with Crippen molar-refractivity contribution in [3.63, 3.8) is 0 Å². The maximum absolute atomic E-state index is 12.9. The minimum Gasteiger partial charge on any atom is -0.486 e. The molecule has 3 rings (SSSR count). The molecule has 0 bridgehead atoms. The number of hydrogen-bond acceptors (Lipinski definition) is 6. The highest BCUT2D eigenvalue weighted by Crippen LogP contribution is 2.34. The molecule has 28 heavy (non-hydrogen) atoms. The third-order valence-electron chi connectivity index (χ3n) is 3.70. The molecule has 148 valence electrons. The molecule has 2 aromatic rings. The Labute approximate surface area is 165 Å². The molecule has 0 aliphatic carbocycles. The Hall–Kier alpha value is -2.94. The van der Waals surface area contributed by atoms with Gasteiger partial charge in [0.1, 0.15) is 24.8 Å². The number of nitrogens with one attached hydrogen (secondary N) is 2. The largest absolute Gasteiger partial charge is 0.486 e. The number of carbonyl (C=O) groups is 2. The van der Waals surface area contributed by atoms with Crippen molar-refractivity contribution in [2.24, 2.45) is 0 Å². The lowest BCUT2D eigenvalue weighted by molar-refractivity contribution is -0.131. The molecular weight excluding hydrogens is 387 g/mol. The minimum absolute atomic E-state index is 0.104. The average molecular weight is 406 g/mol. The Balaban J connectivity index is 1.41. The van der Waals surface area contributed by atoms with Crippen LogP contribution in [0, 0.1) is 5.82 Å². The van der Waals surface area contributed by atoms with Crippen molar-refractivity contribution < 1.29 is 28.2 Å². The fourth-order valence-corrected chi connectivity index (χ4v) is 3.03. The number of thioether (sulfide) groups is 1. The summed E-state index contributed by atoms with van der Waals surface area (Å²) in [6, 6.07) is 10.7. The second kappa shape index (κ2) is 9.32. The van der Waals surface area contributed by atoms with Crippen molar-refractivity contribution in [3.05, 3.63) is 48.3 Å². The highest BCUT2D eigenvalue weighted by molar-refractivity contribution is 8.00. The van der Waals surface area contributed by atoms with E-state index >= 15 is 0 Å². The van der Waals surface area contributed by atoms with Crippen LogP contribution in [0.3, 0.4) is 0 Å². The highest BCUT2D eigenvalue weighted by Gasteiger charge is 2.16. The first-order valence-corrected chi connectivity index (χ1v) is 9.53. The number of rotatable bonds is 6. The minimum atomic E-state index is -0.865. The van der Waals surface area contributed by atoms with E-state index in [1.165, 1.54) is 43.0 Å². The fourth-order valence-electron chi connectivity index (χ4n) is 2.30. The molecule has 7 nitrogen and oxygen atoms in total. The topological polar surface area (TPSA) is 85.9 Å². The zero-order chi connectivity index (χ0) is 19.9. The lowest BCUT2D eigenvalue weighted by Gasteiger charge is -2.18. The highest BCUT2D eigenvalue weighted by atomic mass is 32.2. The van der Waals surface area contributed by atoms with Gasteiger partial charge in [-0.25, -0.2) is 4.39 Å². The first-order valence-electron chi connectivity index (χ1n) is 8.54. The monoisotopic (exact) mass is 406 g/mol. The molecule has 2 N–H and O–H groups in total. The Bertz CT molecular complexity index is 847. The van der Waals surface area contributed by atoms with Crippen molar-refractivity contribution in [1.82, 2.24) is 10.9 Å². The number of ether oxygens (including phenoxy) is 3. The summed E-state index contributed by atoms with van der Waals surface area (Å²) in [5, 5.41) is 0. The van der Waals surface area contributed by atoms with Crippen LogP contribution < -0.4 is 25.1 Å². The van der Waals surface area contributed by atoms with Crippen LogP contribution in [-0.2, 0) is 9.59 Å². The molecule has 1 aliphatic rings. The normalized spacial score (nSPS) is 13.4. The van der Waals surface area contributed by atoms with Gasteiger partial charge in [-0.2, -0.15) is 0 Å². The molecular formula is C19H19FN2O5S. The van der Waals surface area contributed by atoms with Crippen molar-refractivity contribution in [2.75, 3.05) is 19.0 Å². The molecule has 0 saturated heterocycles. The van der Waals surface area contributed by atoms with Gasteiger partial charge in [0.25, 0.3) is 5.91 Å². The molecule has 2 amide bonds. The van der Waals surface area contributed by atoms with Crippen LogP contribution in [0.2, 0.25) is 0 Å². The van der Waals surface area contributed by atoms with E-state index in [1.807, 2.05) is 12.1 Å².